The van der Waals surface area contributed by atoms with Gasteiger partial charge in [-0.2, -0.15) is 4.31 Å². The lowest BCUT2D eigenvalue weighted by atomic mass is 9.99. The van der Waals surface area contributed by atoms with Gasteiger partial charge in [-0.15, -0.1) is 11.3 Å². The van der Waals surface area contributed by atoms with Crippen LogP contribution < -0.4 is 9.46 Å². The maximum atomic E-state index is 13.6. The number of rotatable bonds is 9. The molecule has 0 bridgehead atoms. The molecule has 4 rings (SSSR count). The summed E-state index contributed by atoms with van der Waals surface area (Å²) in [5, 5.41) is 11.5. The molecule has 0 saturated heterocycles. The van der Waals surface area contributed by atoms with E-state index in [9.17, 15) is 26.7 Å². The first-order valence-electron chi connectivity index (χ1n) is 12.2. The highest BCUT2D eigenvalue weighted by atomic mass is 32.2. The summed E-state index contributed by atoms with van der Waals surface area (Å²) in [6.07, 6.45) is -0.642. The number of nitrogens with one attached hydrogen (secondary N) is 1. The number of sulfonamides is 2. The maximum Gasteiger partial charge on any atom is 0.261 e. The van der Waals surface area contributed by atoms with Gasteiger partial charge < -0.3 is 14.7 Å². The number of carbonyl (C=O) groups excluding carboxylic acids is 1. The Hall–Kier alpha value is -2.97. The second kappa shape index (κ2) is 11.6. The summed E-state index contributed by atoms with van der Waals surface area (Å²) >= 11 is 1.12. The predicted molar refractivity (Wildman–Crippen MR) is 149 cm³/mol. The molecule has 0 unspecified atom stereocenters. The fourth-order valence-corrected chi connectivity index (χ4v) is 7.69. The van der Waals surface area contributed by atoms with Crippen molar-refractivity contribution in [2.75, 3.05) is 31.5 Å². The number of anilines is 1. The molecule has 39 heavy (non-hydrogen) atoms. The molecule has 0 aliphatic carbocycles. The number of benzene rings is 2. The smallest absolute Gasteiger partial charge is 0.261 e. The summed E-state index contributed by atoms with van der Waals surface area (Å²) in [6.45, 7) is 3.48. The van der Waals surface area contributed by atoms with Crippen molar-refractivity contribution < 1.29 is 31.5 Å². The van der Waals surface area contributed by atoms with Crippen molar-refractivity contribution >= 4 is 43.0 Å². The zero-order valence-electron chi connectivity index (χ0n) is 21.7. The first-order chi connectivity index (χ1) is 18.4. The standard InChI is InChI=1S/C26H31N3O7S3/c1-18-15-29(19(2)17-30)26(31)22-14-20(27-38(32,33)21-8-5-4-6-9-21)11-12-23(22)36-24(18)16-28(3)39(34,35)25-10-7-13-37-25/h4-14,18-19,24,27,30H,15-17H2,1-3H3/t18-,19+,24+/m1/s1. The van der Waals surface area contributed by atoms with Crippen molar-refractivity contribution in [2.24, 2.45) is 5.92 Å². The van der Waals surface area contributed by atoms with E-state index < -0.39 is 38.1 Å². The second-order valence-electron chi connectivity index (χ2n) is 9.47. The Bertz CT molecular complexity index is 1510. The Morgan fingerprint density at radius 1 is 1.13 bits per heavy atom. The lowest BCUT2D eigenvalue weighted by Gasteiger charge is -2.38. The van der Waals surface area contributed by atoms with E-state index in [2.05, 4.69) is 4.72 Å². The van der Waals surface area contributed by atoms with E-state index >= 15 is 0 Å². The summed E-state index contributed by atoms with van der Waals surface area (Å²) in [6, 6.07) is 14.9. The van der Waals surface area contributed by atoms with Crippen LogP contribution >= 0.6 is 11.3 Å². The first-order valence-corrected chi connectivity index (χ1v) is 16.0. The highest BCUT2D eigenvalue weighted by Crippen LogP contribution is 2.32. The number of aliphatic hydroxyl groups is 1. The summed E-state index contributed by atoms with van der Waals surface area (Å²) in [7, 11) is -6.17. The van der Waals surface area contributed by atoms with Crippen LogP contribution in [0.1, 0.15) is 24.2 Å². The molecule has 1 amide bonds. The minimum absolute atomic E-state index is 0.0127. The third-order valence-electron chi connectivity index (χ3n) is 6.57. The molecule has 2 aromatic carbocycles. The van der Waals surface area contributed by atoms with Crippen molar-refractivity contribution in [3.8, 4) is 5.75 Å². The van der Waals surface area contributed by atoms with Crippen LogP contribution in [0.15, 0.2) is 75.1 Å². The number of carbonyl (C=O) groups is 1. The molecule has 3 aromatic rings. The molecule has 2 N–H and O–H groups in total. The van der Waals surface area contributed by atoms with Crippen molar-refractivity contribution in [3.05, 3.63) is 71.6 Å². The summed E-state index contributed by atoms with van der Waals surface area (Å²) in [4.78, 5) is 15.2. The fraction of sp³-hybridized carbons (Fsp3) is 0.346. The van der Waals surface area contributed by atoms with Gasteiger partial charge in [-0.05, 0) is 48.7 Å². The monoisotopic (exact) mass is 593 g/mol. The van der Waals surface area contributed by atoms with Gasteiger partial charge in [0, 0.05) is 25.2 Å². The van der Waals surface area contributed by atoms with Crippen LogP contribution in [0.3, 0.4) is 0 Å². The van der Waals surface area contributed by atoms with Crippen LogP contribution in [-0.2, 0) is 20.0 Å². The van der Waals surface area contributed by atoms with E-state index in [0.29, 0.717) is 0 Å². The van der Waals surface area contributed by atoms with Gasteiger partial charge in [0.2, 0.25) is 0 Å². The van der Waals surface area contributed by atoms with E-state index in [1.807, 2.05) is 6.92 Å². The molecule has 3 atom stereocenters. The molecule has 0 radical (unpaired) electrons. The average Bonchev–Trinajstić information content (AvgIpc) is 3.47. The molecule has 1 aliphatic heterocycles. The Morgan fingerprint density at radius 3 is 2.49 bits per heavy atom. The molecular weight excluding hydrogens is 563 g/mol. The van der Waals surface area contributed by atoms with E-state index in [4.69, 9.17) is 4.74 Å². The molecule has 1 aromatic heterocycles. The number of nitrogens with zero attached hydrogens (tertiary/aromatic N) is 2. The van der Waals surface area contributed by atoms with Gasteiger partial charge in [0.1, 0.15) is 16.1 Å². The van der Waals surface area contributed by atoms with Crippen molar-refractivity contribution in [1.82, 2.24) is 9.21 Å². The van der Waals surface area contributed by atoms with Crippen LogP contribution in [0.25, 0.3) is 0 Å². The van der Waals surface area contributed by atoms with Gasteiger partial charge in [0.05, 0.1) is 29.7 Å². The summed E-state index contributed by atoms with van der Waals surface area (Å²) in [5.74, 6) is -0.540. The number of aliphatic hydroxyl groups excluding tert-OH is 1. The molecule has 0 fully saturated rings. The van der Waals surface area contributed by atoms with Gasteiger partial charge in [-0.25, -0.2) is 16.8 Å². The molecule has 10 nitrogen and oxygen atoms in total. The van der Waals surface area contributed by atoms with Crippen LogP contribution in [0.4, 0.5) is 5.69 Å². The van der Waals surface area contributed by atoms with Gasteiger partial charge in [-0.1, -0.05) is 31.2 Å². The number of amides is 1. The summed E-state index contributed by atoms with van der Waals surface area (Å²) in [5.41, 5.74) is 0.262. The Kier molecular flexibility index (Phi) is 8.66. The average molecular weight is 594 g/mol. The van der Waals surface area contributed by atoms with Gasteiger partial charge in [0.25, 0.3) is 26.0 Å². The Morgan fingerprint density at radius 2 is 1.85 bits per heavy atom. The third-order valence-corrected chi connectivity index (χ3v) is 11.2. The Balaban J connectivity index is 1.69. The number of hydrogen-bond acceptors (Lipinski definition) is 8. The van der Waals surface area contributed by atoms with Gasteiger partial charge in [-0.3, -0.25) is 9.52 Å². The molecular formula is C26H31N3O7S3. The SMILES string of the molecule is C[C@@H]1CN([C@@H](C)CO)C(=O)c2cc(NS(=O)(=O)c3ccccc3)ccc2O[C@H]1CN(C)S(=O)(=O)c1cccs1. The molecule has 0 spiro atoms. The number of likely N-dealkylation sites (N-methyl/N-ethyl adjacent to an activating group) is 1. The van der Waals surface area contributed by atoms with Crippen LogP contribution in [-0.4, -0.2) is 75.9 Å². The second-order valence-corrected chi connectivity index (χ2v) is 14.4. The van der Waals surface area contributed by atoms with Crippen molar-refractivity contribution in [1.29, 1.82) is 0 Å². The highest BCUT2D eigenvalue weighted by molar-refractivity contribution is 7.92. The number of fused-ring (bicyclic) bond motifs is 1. The normalized spacial score (nSPS) is 19.1. The summed E-state index contributed by atoms with van der Waals surface area (Å²) < 4.78 is 62.0. The largest absolute Gasteiger partial charge is 0.488 e. The zero-order valence-corrected chi connectivity index (χ0v) is 24.2. The molecule has 2 heterocycles. The number of thiophene rings is 1. The van der Waals surface area contributed by atoms with E-state index in [0.717, 1.165) is 11.3 Å². The lowest BCUT2D eigenvalue weighted by Crippen LogP contribution is -2.50. The van der Waals surface area contributed by atoms with Crippen molar-refractivity contribution in [3.63, 3.8) is 0 Å². The maximum absolute atomic E-state index is 13.6. The first kappa shape index (κ1) is 29.0. The molecule has 1 aliphatic rings. The van der Waals surface area contributed by atoms with Gasteiger partial charge in [0.15, 0.2) is 0 Å². The molecule has 0 saturated carbocycles. The van der Waals surface area contributed by atoms with Crippen LogP contribution in [0.5, 0.6) is 5.75 Å². The third kappa shape index (κ3) is 6.28. The highest BCUT2D eigenvalue weighted by Gasteiger charge is 2.35. The van der Waals surface area contributed by atoms with E-state index in [-0.39, 0.29) is 51.7 Å². The molecule has 210 valence electrons. The minimum Gasteiger partial charge on any atom is -0.488 e. The number of hydrogen-bond donors (Lipinski definition) is 2. The quantitative estimate of drug-likeness (QED) is 0.390. The predicted octanol–water partition coefficient (Wildman–Crippen LogP) is 3.09. The molecule has 13 heteroatoms. The number of ether oxygens (including phenoxy) is 1. The lowest BCUT2D eigenvalue weighted by molar-refractivity contribution is 0.0387. The topological polar surface area (TPSA) is 133 Å². The van der Waals surface area contributed by atoms with Crippen molar-refractivity contribution in [2.45, 2.75) is 35.1 Å². The van der Waals surface area contributed by atoms with E-state index in [1.54, 1.807) is 36.6 Å². The minimum atomic E-state index is -3.91. The Labute approximate surface area is 232 Å². The van der Waals surface area contributed by atoms with Crippen LogP contribution in [0.2, 0.25) is 0 Å². The van der Waals surface area contributed by atoms with Gasteiger partial charge >= 0.3 is 0 Å². The fourth-order valence-electron chi connectivity index (χ4n) is 4.23. The van der Waals surface area contributed by atoms with Crippen LogP contribution in [0, 0.1) is 5.92 Å². The van der Waals surface area contributed by atoms with E-state index in [1.165, 1.54) is 52.7 Å². The zero-order chi connectivity index (χ0) is 28.4.